The van der Waals surface area contributed by atoms with Crippen LogP contribution in [0.3, 0.4) is 0 Å². The highest BCUT2D eigenvalue weighted by atomic mass is 32.1. The summed E-state index contributed by atoms with van der Waals surface area (Å²) in [6.45, 7) is 7.70. The molecule has 0 amide bonds. The van der Waals surface area contributed by atoms with E-state index in [4.69, 9.17) is 4.98 Å². The summed E-state index contributed by atoms with van der Waals surface area (Å²) in [5.41, 5.74) is 3.80. The maximum Gasteiger partial charge on any atom is 0.0948 e. The van der Waals surface area contributed by atoms with Crippen molar-refractivity contribution in [3.05, 3.63) is 39.7 Å². The molecule has 1 aromatic carbocycles. The SMILES string of the molecule is Cc1sc(CCNC2CC2)nc1-c1ccc(C(C)C)cc1. The number of nitrogens with zero attached hydrogens (tertiary/aromatic N) is 1. The van der Waals surface area contributed by atoms with E-state index in [0.717, 1.165) is 24.7 Å². The van der Waals surface area contributed by atoms with Crippen molar-refractivity contribution in [3.8, 4) is 11.3 Å². The Balaban J connectivity index is 1.70. The smallest absolute Gasteiger partial charge is 0.0948 e. The van der Waals surface area contributed by atoms with Crippen molar-refractivity contribution < 1.29 is 0 Å². The fraction of sp³-hybridized carbons (Fsp3) is 0.500. The minimum absolute atomic E-state index is 0.583. The Bertz CT molecular complexity index is 594. The van der Waals surface area contributed by atoms with E-state index < -0.39 is 0 Å². The van der Waals surface area contributed by atoms with Gasteiger partial charge in [-0.05, 0) is 31.2 Å². The van der Waals surface area contributed by atoms with Crippen molar-refractivity contribution in [1.82, 2.24) is 10.3 Å². The molecule has 0 saturated heterocycles. The topological polar surface area (TPSA) is 24.9 Å². The molecular formula is C18H24N2S. The normalized spacial score (nSPS) is 14.9. The van der Waals surface area contributed by atoms with Gasteiger partial charge in [-0.15, -0.1) is 11.3 Å². The fourth-order valence-electron chi connectivity index (χ4n) is 2.52. The lowest BCUT2D eigenvalue weighted by atomic mass is 10.0. The van der Waals surface area contributed by atoms with Gasteiger partial charge in [0.25, 0.3) is 0 Å². The number of benzene rings is 1. The van der Waals surface area contributed by atoms with Gasteiger partial charge in [0.1, 0.15) is 0 Å². The van der Waals surface area contributed by atoms with Gasteiger partial charge in [-0.3, -0.25) is 0 Å². The van der Waals surface area contributed by atoms with E-state index >= 15 is 0 Å². The third-order valence-corrected chi connectivity index (χ3v) is 5.07. The first-order chi connectivity index (χ1) is 10.1. The highest BCUT2D eigenvalue weighted by molar-refractivity contribution is 7.12. The van der Waals surface area contributed by atoms with E-state index in [1.807, 2.05) is 11.3 Å². The van der Waals surface area contributed by atoms with E-state index in [1.54, 1.807) is 0 Å². The second-order valence-electron chi connectivity index (χ2n) is 6.27. The molecule has 1 saturated carbocycles. The van der Waals surface area contributed by atoms with Crippen molar-refractivity contribution in [2.24, 2.45) is 0 Å². The van der Waals surface area contributed by atoms with Gasteiger partial charge in [-0.25, -0.2) is 4.98 Å². The van der Waals surface area contributed by atoms with Crippen LogP contribution in [0.5, 0.6) is 0 Å². The number of hydrogen-bond acceptors (Lipinski definition) is 3. The van der Waals surface area contributed by atoms with Gasteiger partial charge in [-0.1, -0.05) is 38.1 Å². The maximum atomic E-state index is 4.85. The van der Waals surface area contributed by atoms with Crippen molar-refractivity contribution >= 4 is 11.3 Å². The molecule has 1 aliphatic rings. The van der Waals surface area contributed by atoms with E-state index in [0.29, 0.717) is 5.92 Å². The molecule has 0 bridgehead atoms. The summed E-state index contributed by atoms with van der Waals surface area (Å²) >= 11 is 1.84. The van der Waals surface area contributed by atoms with Crippen LogP contribution in [-0.2, 0) is 6.42 Å². The number of aromatic nitrogens is 1. The Labute approximate surface area is 131 Å². The third kappa shape index (κ3) is 3.72. The summed E-state index contributed by atoms with van der Waals surface area (Å²) in [7, 11) is 0. The van der Waals surface area contributed by atoms with Crippen LogP contribution in [-0.4, -0.2) is 17.6 Å². The zero-order chi connectivity index (χ0) is 14.8. The van der Waals surface area contributed by atoms with Crippen molar-refractivity contribution in [2.75, 3.05) is 6.54 Å². The molecule has 1 aliphatic carbocycles. The Kier molecular flexibility index (Phi) is 4.41. The van der Waals surface area contributed by atoms with Crippen LogP contribution in [0, 0.1) is 6.92 Å². The number of rotatable bonds is 6. The monoisotopic (exact) mass is 300 g/mol. The molecule has 0 atom stereocenters. The average molecular weight is 300 g/mol. The summed E-state index contributed by atoms with van der Waals surface area (Å²) in [5, 5.41) is 4.81. The first-order valence-electron chi connectivity index (χ1n) is 7.93. The number of hydrogen-bond donors (Lipinski definition) is 1. The highest BCUT2D eigenvalue weighted by Crippen LogP contribution is 2.29. The molecular weight excluding hydrogens is 276 g/mol. The zero-order valence-corrected chi connectivity index (χ0v) is 14.0. The van der Waals surface area contributed by atoms with E-state index in [9.17, 15) is 0 Å². The molecule has 0 aliphatic heterocycles. The molecule has 2 nitrogen and oxygen atoms in total. The average Bonchev–Trinajstić information content (AvgIpc) is 3.21. The summed E-state index contributed by atoms with van der Waals surface area (Å²) < 4.78 is 0. The highest BCUT2D eigenvalue weighted by Gasteiger charge is 2.20. The molecule has 3 rings (SSSR count). The molecule has 1 aromatic heterocycles. The quantitative estimate of drug-likeness (QED) is 0.847. The fourth-order valence-corrected chi connectivity index (χ4v) is 3.48. The van der Waals surface area contributed by atoms with Crippen molar-refractivity contribution in [3.63, 3.8) is 0 Å². The second-order valence-corrected chi connectivity index (χ2v) is 7.56. The van der Waals surface area contributed by atoms with Crippen LogP contribution in [0.25, 0.3) is 11.3 Å². The van der Waals surface area contributed by atoms with E-state index in [-0.39, 0.29) is 0 Å². The van der Waals surface area contributed by atoms with Gasteiger partial charge in [0.2, 0.25) is 0 Å². The standard InChI is InChI=1S/C18H24N2S/c1-12(2)14-4-6-15(7-5-14)18-13(3)21-17(20-18)10-11-19-16-8-9-16/h4-7,12,16,19H,8-11H2,1-3H3. The Morgan fingerprint density at radius 1 is 1.24 bits per heavy atom. The molecule has 3 heteroatoms. The maximum absolute atomic E-state index is 4.85. The summed E-state index contributed by atoms with van der Waals surface area (Å²) in [5.74, 6) is 0.583. The summed E-state index contributed by atoms with van der Waals surface area (Å²) in [6.07, 6.45) is 3.75. The van der Waals surface area contributed by atoms with Gasteiger partial charge >= 0.3 is 0 Å². The van der Waals surface area contributed by atoms with Gasteiger partial charge < -0.3 is 5.32 Å². The van der Waals surface area contributed by atoms with Gasteiger partial charge in [0, 0.05) is 29.4 Å². The van der Waals surface area contributed by atoms with Crippen molar-refractivity contribution in [1.29, 1.82) is 0 Å². The lowest BCUT2D eigenvalue weighted by molar-refractivity contribution is 0.680. The van der Waals surface area contributed by atoms with Crippen LogP contribution in [0.15, 0.2) is 24.3 Å². The molecule has 1 heterocycles. The van der Waals surface area contributed by atoms with Gasteiger partial charge in [0.15, 0.2) is 0 Å². The van der Waals surface area contributed by atoms with Crippen LogP contribution in [0.2, 0.25) is 0 Å². The molecule has 0 unspecified atom stereocenters. The van der Waals surface area contributed by atoms with Crippen LogP contribution < -0.4 is 5.32 Å². The third-order valence-electron chi connectivity index (χ3n) is 4.04. The molecule has 2 aromatic rings. The molecule has 1 N–H and O–H groups in total. The van der Waals surface area contributed by atoms with E-state index in [1.165, 1.54) is 33.9 Å². The van der Waals surface area contributed by atoms with Crippen LogP contribution in [0.4, 0.5) is 0 Å². The zero-order valence-electron chi connectivity index (χ0n) is 13.1. The first-order valence-corrected chi connectivity index (χ1v) is 8.75. The largest absolute Gasteiger partial charge is 0.314 e. The number of aryl methyl sites for hydroxylation is 1. The second kappa shape index (κ2) is 6.29. The van der Waals surface area contributed by atoms with Crippen molar-refractivity contribution in [2.45, 2.75) is 52.0 Å². The number of nitrogens with one attached hydrogen (secondary N) is 1. The summed E-state index contributed by atoms with van der Waals surface area (Å²) in [6, 6.07) is 9.67. The molecule has 0 spiro atoms. The predicted octanol–water partition coefficient (Wildman–Crippen LogP) is 4.54. The van der Waals surface area contributed by atoms with Crippen LogP contribution >= 0.6 is 11.3 Å². The minimum atomic E-state index is 0.583. The minimum Gasteiger partial charge on any atom is -0.314 e. The molecule has 1 fully saturated rings. The van der Waals surface area contributed by atoms with Gasteiger partial charge in [0.05, 0.1) is 10.7 Å². The number of thiazole rings is 1. The Morgan fingerprint density at radius 2 is 1.95 bits per heavy atom. The molecule has 0 radical (unpaired) electrons. The Hall–Kier alpha value is -1.19. The van der Waals surface area contributed by atoms with Gasteiger partial charge in [-0.2, -0.15) is 0 Å². The predicted molar refractivity (Wildman–Crippen MR) is 91.1 cm³/mol. The Morgan fingerprint density at radius 3 is 2.57 bits per heavy atom. The van der Waals surface area contributed by atoms with E-state index in [2.05, 4.69) is 50.4 Å². The lowest BCUT2D eigenvalue weighted by Gasteiger charge is -2.06. The lowest BCUT2D eigenvalue weighted by Crippen LogP contribution is -2.19. The molecule has 21 heavy (non-hydrogen) atoms. The van der Waals surface area contributed by atoms with Crippen LogP contribution in [0.1, 0.15) is 48.1 Å². The summed E-state index contributed by atoms with van der Waals surface area (Å²) in [4.78, 5) is 6.18. The molecule has 112 valence electrons. The first kappa shape index (κ1) is 14.7.